The highest BCUT2D eigenvalue weighted by atomic mass is 14.9. The topological polar surface area (TPSA) is 50.9 Å². The average molecular weight is 205 g/mol. The van der Waals surface area contributed by atoms with E-state index in [-0.39, 0.29) is 0 Å². The lowest BCUT2D eigenvalue weighted by Gasteiger charge is -2.21. The summed E-state index contributed by atoms with van der Waals surface area (Å²) in [6, 6.07) is 4.40. The summed E-state index contributed by atoms with van der Waals surface area (Å²) in [5.74, 6) is 1.40. The van der Waals surface area contributed by atoms with Crippen LogP contribution in [0.15, 0.2) is 18.3 Å². The number of anilines is 2. The Morgan fingerprint density at radius 2 is 2.20 bits per heavy atom. The molecule has 2 rings (SSSR count). The van der Waals surface area contributed by atoms with E-state index in [1.807, 2.05) is 12.1 Å². The second kappa shape index (κ2) is 4.51. The Hall–Kier alpha value is -1.25. The van der Waals surface area contributed by atoms with Gasteiger partial charge in [0, 0.05) is 24.0 Å². The van der Waals surface area contributed by atoms with Gasteiger partial charge in [-0.3, -0.25) is 0 Å². The molecule has 1 aromatic heterocycles. The third-order valence-electron chi connectivity index (χ3n) is 3.28. The number of nitrogen functional groups attached to an aromatic ring is 1. The van der Waals surface area contributed by atoms with E-state index in [1.54, 1.807) is 6.20 Å². The Bertz CT molecular complexity index is 318. The van der Waals surface area contributed by atoms with Crippen LogP contribution in [-0.4, -0.2) is 11.0 Å². The quantitative estimate of drug-likeness (QED) is 0.797. The van der Waals surface area contributed by atoms with Gasteiger partial charge in [-0.05, 0) is 31.7 Å². The minimum absolute atomic E-state index is 0.536. The number of pyridine rings is 1. The van der Waals surface area contributed by atoms with Gasteiger partial charge in [0.05, 0.1) is 0 Å². The zero-order chi connectivity index (χ0) is 10.7. The van der Waals surface area contributed by atoms with Crippen LogP contribution in [0.3, 0.4) is 0 Å². The number of nitrogens with one attached hydrogen (secondary N) is 1. The summed E-state index contributed by atoms with van der Waals surface area (Å²) in [5.41, 5.74) is 6.72. The Labute approximate surface area is 91.1 Å². The standard InChI is InChI=1S/C12H19N3/c1-9(10-4-2-3-5-10)15-11-6-7-14-12(13)8-11/h6-10H,2-5H2,1H3,(H3,13,14,15). The molecule has 0 bridgehead atoms. The molecule has 1 aliphatic carbocycles. The minimum Gasteiger partial charge on any atom is -0.384 e. The Kier molecular flexibility index (Phi) is 3.09. The molecule has 3 heteroatoms. The first-order valence-corrected chi connectivity index (χ1v) is 5.74. The maximum Gasteiger partial charge on any atom is 0.125 e. The molecule has 1 aromatic rings. The molecule has 1 saturated carbocycles. The van der Waals surface area contributed by atoms with Crippen molar-refractivity contribution in [2.24, 2.45) is 5.92 Å². The van der Waals surface area contributed by atoms with Crippen molar-refractivity contribution in [3.8, 4) is 0 Å². The van der Waals surface area contributed by atoms with Crippen molar-refractivity contribution in [3.05, 3.63) is 18.3 Å². The molecule has 3 nitrogen and oxygen atoms in total. The summed E-state index contributed by atoms with van der Waals surface area (Å²) < 4.78 is 0. The van der Waals surface area contributed by atoms with Gasteiger partial charge in [-0.15, -0.1) is 0 Å². The first-order valence-electron chi connectivity index (χ1n) is 5.74. The number of hydrogen-bond donors (Lipinski definition) is 2. The van der Waals surface area contributed by atoms with E-state index < -0.39 is 0 Å². The van der Waals surface area contributed by atoms with Gasteiger partial charge in [0.2, 0.25) is 0 Å². The van der Waals surface area contributed by atoms with E-state index in [4.69, 9.17) is 5.73 Å². The zero-order valence-corrected chi connectivity index (χ0v) is 9.24. The molecule has 1 unspecified atom stereocenters. The van der Waals surface area contributed by atoms with Gasteiger partial charge in [-0.25, -0.2) is 4.98 Å². The fraction of sp³-hybridized carbons (Fsp3) is 0.583. The highest BCUT2D eigenvalue weighted by Gasteiger charge is 2.21. The van der Waals surface area contributed by atoms with Gasteiger partial charge in [0.15, 0.2) is 0 Å². The van der Waals surface area contributed by atoms with Crippen molar-refractivity contribution in [3.63, 3.8) is 0 Å². The second-order valence-electron chi connectivity index (χ2n) is 4.45. The van der Waals surface area contributed by atoms with E-state index in [1.165, 1.54) is 25.7 Å². The molecule has 1 heterocycles. The summed E-state index contributed by atoms with van der Waals surface area (Å²) in [4.78, 5) is 3.98. The highest BCUT2D eigenvalue weighted by molar-refractivity contribution is 5.50. The largest absolute Gasteiger partial charge is 0.384 e. The summed E-state index contributed by atoms with van der Waals surface area (Å²) >= 11 is 0. The third kappa shape index (κ3) is 2.61. The molecule has 0 radical (unpaired) electrons. The fourth-order valence-electron chi connectivity index (χ4n) is 2.38. The van der Waals surface area contributed by atoms with Crippen LogP contribution in [0.1, 0.15) is 32.6 Å². The van der Waals surface area contributed by atoms with Crippen LogP contribution < -0.4 is 11.1 Å². The molecular weight excluding hydrogens is 186 g/mol. The molecule has 1 atom stereocenters. The predicted molar refractivity (Wildman–Crippen MR) is 63.7 cm³/mol. The van der Waals surface area contributed by atoms with Crippen molar-refractivity contribution in [2.75, 3.05) is 11.1 Å². The molecule has 82 valence electrons. The number of hydrogen-bond acceptors (Lipinski definition) is 3. The lowest BCUT2D eigenvalue weighted by atomic mass is 10.00. The van der Waals surface area contributed by atoms with Crippen LogP contribution >= 0.6 is 0 Å². The van der Waals surface area contributed by atoms with E-state index in [0.29, 0.717) is 11.9 Å². The summed E-state index contributed by atoms with van der Waals surface area (Å²) in [6.45, 7) is 2.26. The number of rotatable bonds is 3. The number of aromatic nitrogens is 1. The maximum absolute atomic E-state index is 5.64. The number of nitrogens with zero attached hydrogens (tertiary/aromatic N) is 1. The second-order valence-corrected chi connectivity index (χ2v) is 4.45. The molecule has 0 aromatic carbocycles. The summed E-state index contributed by atoms with van der Waals surface area (Å²) in [6.07, 6.45) is 7.23. The Morgan fingerprint density at radius 1 is 1.47 bits per heavy atom. The Balaban J connectivity index is 1.95. The van der Waals surface area contributed by atoms with Gasteiger partial charge in [0.1, 0.15) is 5.82 Å². The van der Waals surface area contributed by atoms with Crippen LogP contribution in [0.2, 0.25) is 0 Å². The Morgan fingerprint density at radius 3 is 2.87 bits per heavy atom. The molecule has 1 aliphatic rings. The van der Waals surface area contributed by atoms with E-state index in [0.717, 1.165) is 11.6 Å². The van der Waals surface area contributed by atoms with Crippen LogP contribution in [0.4, 0.5) is 11.5 Å². The third-order valence-corrected chi connectivity index (χ3v) is 3.28. The molecule has 0 amide bonds. The SMILES string of the molecule is CC(Nc1ccnc(N)c1)C1CCCC1. The molecule has 3 N–H and O–H groups in total. The van der Waals surface area contributed by atoms with Crippen LogP contribution in [0.25, 0.3) is 0 Å². The van der Waals surface area contributed by atoms with Gasteiger partial charge >= 0.3 is 0 Å². The molecular formula is C12H19N3. The summed E-state index contributed by atoms with van der Waals surface area (Å²) in [7, 11) is 0. The van der Waals surface area contributed by atoms with Gasteiger partial charge in [-0.2, -0.15) is 0 Å². The van der Waals surface area contributed by atoms with E-state index in [9.17, 15) is 0 Å². The van der Waals surface area contributed by atoms with E-state index in [2.05, 4.69) is 17.2 Å². The first-order chi connectivity index (χ1) is 7.25. The van der Waals surface area contributed by atoms with Gasteiger partial charge in [-0.1, -0.05) is 12.8 Å². The number of nitrogens with two attached hydrogens (primary N) is 1. The van der Waals surface area contributed by atoms with Gasteiger partial charge < -0.3 is 11.1 Å². The fourth-order valence-corrected chi connectivity index (χ4v) is 2.38. The summed E-state index contributed by atoms with van der Waals surface area (Å²) in [5, 5.41) is 3.50. The monoisotopic (exact) mass is 205 g/mol. The zero-order valence-electron chi connectivity index (χ0n) is 9.24. The van der Waals surface area contributed by atoms with Crippen LogP contribution in [0.5, 0.6) is 0 Å². The lowest BCUT2D eigenvalue weighted by molar-refractivity contribution is 0.482. The first kappa shape index (κ1) is 10.3. The van der Waals surface area contributed by atoms with Crippen molar-refractivity contribution >= 4 is 11.5 Å². The smallest absolute Gasteiger partial charge is 0.125 e. The van der Waals surface area contributed by atoms with Crippen LogP contribution in [0, 0.1) is 5.92 Å². The predicted octanol–water partition coefficient (Wildman–Crippen LogP) is 2.65. The van der Waals surface area contributed by atoms with Crippen molar-refractivity contribution in [1.82, 2.24) is 4.98 Å². The molecule has 1 fully saturated rings. The molecule has 0 saturated heterocycles. The molecule has 0 spiro atoms. The van der Waals surface area contributed by atoms with Crippen molar-refractivity contribution in [1.29, 1.82) is 0 Å². The van der Waals surface area contributed by atoms with Gasteiger partial charge in [0.25, 0.3) is 0 Å². The van der Waals surface area contributed by atoms with Crippen LogP contribution in [-0.2, 0) is 0 Å². The minimum atomic E-state index is 0.536. The maximum atomic E-state index is 5.64. The lowest BCUT2D eigenvalue weighted by Crippen LogP contribution is -2.23. The van der Waals surface area contributed by atoms with E-state index >= 15 is 0 Å². The van der Waals surface area contributed by atoms with Crippen molar-refractivity contribution in [2.45, 2.75) is 38.6 Å². The molecule has 0 aliphatic heterocycles. The normalized spacial score (nSPS) is 19.0. The average Bonchev–Trinajstić information content (AvgIpc) is 2.70. The molecule has 15 heavy (non-hydrogen) atoms. The highest BCUT2D eigenvalue weighted by Crippen LogP contribution is 2.29. The van der Waals surface area contributed by atoms with Crippen molar-refractivity contribution < 1.29 is 0 Å².